The van der Waals surface area contributed by atoms with Crippen molar-refractivity contribution in [1.29, 1.82) is 0 Å². The van der Waals surface area contributed by atoms with Gasteiger partial charge in [-0.2, -0.15) is 0 Å². The number of carbonyl (C=O) groups is 2. The molecule has 6 nitrogen and oxygen atoms in total. The second-order valence-electron chi connectivity index (χ2n) is 7.05. The number of benzene rings is 1. The average molecular weight is 365 g/mol. The Labute approximate surface area is 154 Å². The molecule has 1 heterocycles. The topological polar surface area (TPSA) is 64.1 Å². The predicted molar refractivity (Wildman–Crippen MR) is 97.3 cm³/mol. The SMILES string of the molecule is CC(c1ccc(F)cc1)N(C)C(=O)CN1CCC(N(C)CC(=O)O)CC1. The van der Waals surface area contributed by atoms with Crippen molar-refractivity contribution in [1.82, 2.24) is 14.7 Å². The van der Waals surface area contributed by atoms with Crippen LogP contribution >= 0.6 is 0 Å². The van der Waals surface area contributed by atoms with E-state index in [0.717, 1.165) is 31.5 Å². The van der Waals surface area contributed by atoms with Crippen LogP contribution in [-0.4, -0.2) is 78.0 Å². The molecule has 1 aliphatic rings. The summed E-state index contributed by atoms with van der Waals surface area (Å²) >= 11 is 0. The van der Waals surface area contributed by atoms with Gasteiger partial charge >= 0.3 is 5.97 Å². The molecule has 0 bridgehead atoms. The Morgan fingerprint density at radius 1 is 1.23 bits per heavy atom. The summed E-state index contributed by atoms with van der Waals surface area (Å²) in [5.41, 5.74) is 0.899. The molecule has 1 atom stereocenters. The molecule has 0 radical (unpaired) electrons. The highest BCUT2D eigenvalue weighted by Gasteiger charge is 2.26. The van der Waals surface area contributed by atoms with Gasteiger partial charge in [0.15, 0.2) is 0 Å². The van der Waals surface area contributed by atoms with Gasteiger partial charge in [-0.15, -0.1) is 0 Å². The van der Waals surface area contributed by atoms with Crippen LogP contribution in [0.5, 0.6) is 0 Å². The van der Waals surface area contributed by atoms with Gasteiger partial charge in [0.2, 0.25) is 5.91 Å². The van der Waals surface area contributed by atoms with E-state index in [1.807, 2.05) is 18.9 Å². The number of carboxylic acids is 1. The summed E-state index contributed by atoms with van der Waals surface area (Å²) in [7, 11) is 3.60. The lowest BCUT2D eigenvalue weighted by Gasteiger charge is -2.36. The van der Waals surface area contributed by atoms with Crippen molar-refractivity contribution >= 4 is 11.9 Å². The van der Waals surface area contributed by atoms with Crippen LogP contribution in [0.1, 0.15) is 31.4 Å². The molecule has 1 aromatic carbocycles. The van der Waals surface area contributed by atoms with E-state index in [1.54, 1.807) is 24.1 Å². The summed E-state index contributed by atoms with van der Waals surface area (Å²) in [4.78, 5) is 29.1. The third kappa shape index (κ3) is 5.51. The van der Waals surface area contributed by atoms with Crippen LogP contribution in [0.25, 0.3) is 0 Å². The van der Waals surface area contributed by atoms with Crippen LogP contribution in [0.15, 0.2) is 24.3 Å². The number of hydrogen-bond acceptors (Lipinski definition) is 4. The zero-order chi connectivity index (χ0) is 19.3. The molecular weight excluding hydrogens is 337 g/mol. The highest BCUT2D eigenvalue weighted by atomic mass is 19.1. The molecule has 1 aromatic rings. The molecule has 2 rings (SSSR count). The predicted octanol–water partition coefficient (Wildman–Crippen LogP) is 1.83. The molecule has 1 aliphatic heterocycles. The quantitative estimate of drug-likeness (QED) is 0.799. The van der Waals surface area contributed by atoms with Crippen LogP contribution in [0, 0.1) is 5.82 Å². The van der Waals surface area contributed by atoms with E-state index in [9.17, 15) is 14.0 Å². The molecule has 0 saturated carbocycles. The van der Waals surface area contributed by atoms with Crippen molar-refractivity contribution < 1.29 is 19.1 Å². The minimum absolute atomic E-state index is 0.0270. The Bertz CT molecular complexity index is 615. The Hall–Kier alpha value is -1.99. The Kier molecular flexibility index (Phi) is 7.11. The maximum absolute atomic E-state index is 13.1. The molecule has 7 heteroatoms. The molecule has 1 saturated heterocycles. The number of amides is 1. The number of rotatable bonds is 7. The van der Waals surface area contributed by atoms with E-state index < -0.39 is 5.97 Å². The number of aliphatic carboxylic acids is 1. The van der Waals surface area contributed by atoms with Crippen LogP contribution in [0.4, 0.5) is 4.39 Å². The third-order valence-electron chi connectivity index (χ3n) is 5.25. The van der Waals surface area contributed by atoms with Gasteiger partial charge in [0.25, 0.3) is 0 Å². The molecule has 1 unspecified atom stereocenters. The second kappa shape index (κ2) is 9.09. The summed E-state index contributed by atoms with van der Waals surface area (Å²) in [5.74, 6) is -1.08. The summed E-state index contributed by atoms with van der Waals surface area (Å²) in [6.45, 7) is 3.87. The van der Waals surface area contributed by atoms with E-state index in [2.05, 4.69) is 4.90 Å². The fraction of sp³-hybridized carbons (Fsp3) is 0.579. The lowest BCUT2D eigenvalue weighted by molar-refractivity contribution is -0.138. The zero-order valence-electron chi connectivity index (χ0n) is 15.7. The Morgan fingerprint density at radius 3 is 2.35 bits per heavy atom. The maximum atomic E-state index is 13.1. The summed E-state index contributed by atoms with van der Waals surface area (Å²) in [5, 5.41) is 8.88. The number of likely N-dealkylation sites (N-methyl/N-ethyl adjacent to an activating group) is 2. The first-order chi connectivity index (χ1) is 12.3. The largest absolute Gasteiger partial charge is 0.480 e. The number of halogens is 1. The van der Waals surface area contributed by atoms with Crippen molar-refractivity contribution in [2.24, 2.45) is 0 Å². The van der Waals surface area contributed by atoms with Crippen molar-refractivity contribution in [2.75, 3.05) is 40.3 Å². The van der Waals surface area contributed by atoms with E-state index in [1.165, 1.54) is 12.1 Å². The smallest absolute Gasteiger partial charge is 0.317 e. The molecule has 144 valence electrons. The van der Waals surface area contributed by atoms with Crippen LogP contribution in [0.2, 0.25) is 0 Å². The van der Waals surface area contributed by atoms with E-state index in [-0.39, 0.29) is 30.4 Å². The van der Waals surface area contributed by atoms with Gasteiger partial charge in [-0.3, -0.25) is 19.4 Å². The number of nitrogens with zero attached hydrogens (tertiary/aromatic N) is 3. The Morgan fingerprint density at radius 2 is 1.81 bits per heavy atom. The summed E-state index contributed by atoms with van der Waals surface area (Å²) in [6.07, 6.45) is 1.71. The minimum atomic E-state index is -0.818. The third-order valence-corrected chi connectivity index (χ3v) is 5.25. The van der Waals surface area contributed by atoms with Gasteiger partial charge < -0.3 is 10.0 Å². The monoisotopic (exact) mass is 365 g/mol. The second-order valence-corrected chi connectivity index (χ2v) is 7.05. The highest BCUT2D eigenvalue weighted by molar-refractivity contribution is 5.78. The highest BCUT2D eigenvalue weighted by Crippen LogP contribution is 2.20. The number of piperidine rings is 1. The van der Waals surface area contributed by atoms with E-state index >= 15 is 0 Å². The van der Waals surface area contributed by atoms with Crippen LogP contribution in [-0.2, 0) is 9.59 Å². The van der Waals surface area contributed by atoms with Gasteiger partial charge in [0, 0.05) is 26.2 Å². The Balaban J connectivity index is 1.82. The van der Waals surface area contributed by atoms with Crippen molar-refractivity contribution in [3.05, 3.63) is 35.6 Å². The number of carboxylic acid groups (broad SMARTS) is 1. The van der Waals surface area contributed by atoms with Crippen molar-refractivity contribution in [3.63, 3.8) is 0 Å². The average Bonchev–Trinajstić information content (AvgIpc) is 2.61. The minimum Gasteiger partial charge on any atom is -0.480 e. The molecule has 1 amide bonds. The molecule has 0 aliphatic carbocycles. The maximum Gasteiger partial charge on any atom is 0.317 e. The lowest BCUT2D eigenvalue weighted by atomic mass is 10.0. The number of hydrogen-bond donors (Lipinski definition) is 1. The van der Waals surface area contributed by atoms with Gasteiger partial charge in [-0.05, 0) is 44.5 Å². The van der Waals surface area contributed by atoms with Crippen LogP contribution < -0.4 is 0 Å². The molecule has 0 spiro atoms. The van der Waals surface area contributed by atoms with Crippen molar-refractivity contribution in [3.8, 4) is 0 Å². The first-order valence-electron chi connectivity index (χ1n) is 8.93. The van der Waals surface area contributed by atoms with Gasteiger partial charge in [0.1, 0.15) is 5.82 Å². The first-order valence-corrected chi connectivity index (χ1v) is 8.93. The van der Waals surface area contributed by atoms with Gasteiger partial charge in [-0.1, -0.05) is 12.1 Å². The first kappa shape index (κ1) is 20.3. The summed E-state index contributed by atoms with van der Waals surface area (Å²) in [6, 6.07) is 6.34. The van der Waals surface area contributed by atoms with Crippen LogP contribution in [0.3, 0.4) is 0 Å². The van der Waals surface area contributed by atoms with Gasteiger partial charge in [-0.25, -0.2) is 4.39 Å². The summed E-state index contributed by atoms with van der Waals surface area (Å²) < 4.78 is 13.1. The number of likely N-dealkylation sites (tertiary alicyclic amines) is 1. The normalized spacial score (nSPS) is 17.3. The fourth-order valence-corrected chi connectivity index (χ4v) is 3.34. The molecular formula is C19H28FN3O3. The molecule has 0 aromatic heterocycles. The van der Waals surface area contributed by atoms with Gasteiger partial charge in [0.05, 0.1) is 19.1 Å². The van der Waals surface area contributed by atoms with E-state index in [0.29, 0.717) is 6.54 Å². The molecule has 1 N–H and O–H groups in total. The van der Waals surface area contributed by atoms with E-state index in [4.69, 9.17) is 5.11 Å². The zero-order valence-corrected chi connectivity index (χ0v) is 15.7. The molecule has 26 heavy (non-hydrogen) atoms. The molecule has 1 fully saturated rings. The standard InChI is InChI=1S/C19H28FN3O3/c1-14(15-4-6-16(20)7-5-15)22(3)18(24)12-23-10-8-17(9-11-23)21(2)13-19(25)26/h4-7,14,17H,8-13H2,1-3H3,(H,25,26). The fourth-order valence-electron chi connectivity index (χ4n) is 3.34. The number of carbonyl (C=O) groups excluding carboxylic acids is 1. The van der Waals surface area contributed by atoms with Crippen molar-refractivity contribution in [2.45, 2.75) is 31.8 Å². The lowest BCUT2D eigenvalue weighted by Crippen LogP contribution is -2.47.